The van der Waals surface area contributed by atoms with Crippen LogP contribution in [0.1, 0.15) is 5.76 Å². The average molecular weight is 146 g/mol. The average Bonchev–Trinajstić information content (AvgIpc) is 2.14. The van der Waals surface area contributed by atoms with Gasteiger partial charge in [0.15, 0.2) is 0 Å². The fourth-order valence-electron chi connectivity index (χ4n) is 0.506. The molecule has 1 N–H and O–H groups in total. The van der Waals surface area contributed by atoms with Crippen LogP contribution in [0.5, 0.6) is 0 Å². The highest BCUT2D eigenvalue weighted by Crippen LogP contribution is 2.08. The van der Waals surface area contributed by atoms with Crippen molar-refractivity contribution in [2.75, 3.05) is 0 Å². The van der Waals surface area contributed by atoms with Gasteiger partial charge in [-0.15, -0.1) is 0 Å². The third-order valence-electron chi connectivity index (χ3n) is 0.888. The molecule has 1 rings (SSSR count). The molecule has 1 aromatic heterocycles. The van der Waals surface area contributed by atoms with Crippen molar-refractivity contribution in [3.8, 4) is 0 Å². The molecule has 0 unspecified atom stereocenters. The molecule has 4 heteroatoms. The minimum absolute atomic E-state index is 0.104. The van der Waals surface area contributed by atoms with E-state index in [0.717, 1.165) is 0 Å². The van der Waals surface area contributed by atoms with E-state index in [0.29, 0.717) is 5.76 Å². The molecule has 0 aliphatic heterocycles. The second-order valence-electron chi connectivity index (χ2n) is 1.61. The number of hydrogen-bond donors (Lipinski definition) is 1. The van der Waals surface area contributed by atoms with Crippen LogP contribution < -0.4 is 0 Å². The van der Waals surface area contributed by atoms with Gasteiger partial charge in [0, 0.05) is 0 Å². The lowest BCUT2D eigenvalue weighted by Gasteiger charge is -1.83. The topological polar surface area (TPSA) is 50.4 Å². The van der Waals surface area contributed by atoms with Crippen molar-refractivity contribution in [3.63, 3.8) is 0 Å². The monoisotopic (exact) mass is 146 g/mol. The molecule has 0 aliphatic carbocycles. The molecule has 0 bridgehead atoms. The SMILES string of the molecule is Cc1ccc([S@](=O)O)o1. The Morgan fingerprint density at radius 3 is 2.56 bits per heavy atom. The van der Waals surface area contributed by atoms with Crippen LogP contribution >= 0.6 is 0 Å². The van der Waals surface area contributed by atoms with Gasteiger partial charge in [0.25, 0.3) is 0 Å². The molecule has 50 valence electrons. The van der Waals surface area contributed by atoms with Crippen molar-refractivity contribution < 1.29 is 13.2 Å². The van der Waals surface area contributed by atoms with Gasteiger partial charge in [-0.05, 0) is 19.1 Å². The van der Waals surface area contributed by atoms with E-state index in [1.807, 2.05) is 0 Å². The first kappa shape index (κ1) is 6.51. The van der Waals surface area contributed by atoms with Gasteiger partial charge in [0.05, 0.1) is 0 Å². The van der Waals surface area contributed by atoms with Gasteiger partial charge in [0.2, 0.25) is 16.2 Å². The first-order valence-electron chi connectivity index (χ1n) is 2.37. The number of hydrogen-bond acceptors (Lipinski definition) is 2. The molecule has 0 aromatic carbocycles. The van der Waals surface area contributed by atoms with E-state index < -0.39 is 11.1 Å². The zero-order valence-electron chi connectivity index (χ0n) is 4.83. The van der Waals surface area contributed by atoms with Crippen molar-refractivity contribution >= 4 is 11.1 Å². The number of furan rings is 1. The second kappa shape index (κ2) is 2.33. The normalized spacial score (nSPS) is 13.6. The fourth-order valence-corrected chi connectivity index (χ4v) is 0.893. The van der Waals surface area contributed by atoms with Crippen LogP contribution in [0.3, 0.4) is 0 Å². The second-order valence-corrected chi connectivity index (χ2v) is 2.51. The summed E-state index contributed by atoms with van der Waals surface area (Å²) in [6.45, 7) is 1.72. The highest BCUT2D eigenvalue weighted by atomic mass is 32.2. The summed E-state index contributed by atoms with van der Waals surface area (Å²) >= 11 is -1.97. The van der Waals surface area contributed by atoms with Crippen LogP contribution in [0.25, 0.3) is 0 Å². The summed E-state index contributed by atoms with van der Waals surface area (Å²) < 4.78 is 23.4. The van der Waals surface area contributed by atoms with Crippen molar-refractivity contribution in [2.24, 2.45) is 0 Å². The van der Waals surface area contributed by atoms with Gasteiger partial charge in [-0.1, -0.05) is 0 Å². The van der Waals surface area contributed by atoms with Gasteiger partial charge in [-0.2, -0.15) is 0 Å². The Hall–Kier alpha value is -0.610. The summed E-state index contributed by atoms with van der Waals surface area (Å²) in [5, 5.41) is 0.104. The van der Waals surface area contributed by atoms with Crippen LogP contribution in [-0.2, 0) is 11.1 Å². The van der Waals surface area contributed by atoms with Gasteiger partial charge < -0.3 is 4.42 Å². The first-order chi connectivity index (χ1) is 4.20. The van der Waals surface area contributed by atoms with E-state index in [1.54, 1.807) is 13.0 Å². The minimum Gasteiger partial charge on any atom is -0.450 e. The molecule has 3 nitrogen and oxygen atoms in total. The molecular formula is C5H6O3S. The smallest absolute Gasteiger partial charge is 0.223 e. The minimum atomic E-state index is -1.97. The molecule has 0 radical (unpaired) electrons. The maximum Gasteiger partial charge on any atom is 0.223 e. The van der Waals surface area contributed by atoms with Crippen molar-refractivity contribution in [2.45, 2.75) is 12.0 Å². The summed E-state index contributed by atoms with van der Waals surface area (Å²) in [5.74, 6) is 0.646. The lowest BCUT2D eigenvalue weighted by Crippen LogP contribution is -1.82. The molecule has 0 spiro atoms. The van der Waals surface area contributed by atoms with Crippen LogP contribution in [0, 0.1) is 6.92 Å². The third kappa shape index (κ3) is 1.40. The van der Waals surface area contributed by atoms with Crippen molar-refractivity contribution in [1.29, 1.82) is 0 Å². The summed E-state index contributed by atoms with van der Waals surface area (Å²) in [7, 11) is 0. The lowest BCUT2D eigenvalue weighted by molar-refractivity contribution is 0.422. The predicted molar refractivity (Wildman–Crippen MR) is 32.5 cm³/mol. The molecule has 1 atom stereocenters. The molecule has 0 saturated heterocycles. The van der Waals surface area contributed by atoms with Gasteiger partial charge in [0.1, 0.15) is 5.76 Å². The van der Waals surface area contributed by atoms with Crippen LogP contribution in [0.15, 0.2) is 21.6 Å². The maximum atomic E-state index is 10.2. The molecule has 9 heavy (non-hydrogen) atoms. The highest BCUT2D eigenvalue weighted by molar-refractivity contribution is 7.79. The molecular weight excluding hydrogens is 140 g/mol. The maximum absolute atomic E-state index is 10.2. The Morgan fingerprint density at radius 1 is 1.67 bits per heavy atom. The fraction of sp³-hybridized carbons (Fsp3) is 0.200. The molecule has 0 amide bonds. The van der Waals surface area contributed by atoms with E-state index in [9.17, 15) is 4.21 Å². The molecule has 0 saturated carbocycles. The van der Waals surface area contributed by atoms with E-state index >= 15 is 0 Å². The Bertz CT molecular complexity index is 228. The highest BCUT2D eigenvalue weighted by Gasteiger charge is 2.02. The van der Waals surface area contributed by atoms with E-state index in [4.69, 9.17) is 8.97 Å². The zero-order valence-corrected chi connectivity index (χ0v) is 5.64. The van der Waals surface area contributed by atoms with Crippen molar-refractivity contribution in [3.05, 3.63) is 17.9 Å². The van der Waals surface area contributed by atoms with Crippen LogP contribution in [-0.4, -0.2) is 8.76 Å². The van der Waals surface area contributed by atoms with E-state index in [1.165, 1.54) is 6.07 Å². The Balaban J connectivity index is 2.98. The molecule has 1 heterocycles. The first-order valence-corrected chi connectivity index (χ1v) is 3.48. The molecule has 0 aliphatic rings. The lowest BCUT2D eigenvalue weighted by atomic mass is 10.5. The van der Waals surface area contributed by atoms with Gasteiger partial charge >= 0.3 is 0 Å². The molecule has 0 fully saturated rings. The summed E-state index contributed by atoms with van der Waals surface area (Å²) in [4.78, 5) is 0. The van der Waals surface area contributed by atoms with Crippen LogP contribution in [0.2, 0.25) is 0 Å². The Morgan fingerprint density at radius 2 is 2.33 bits per heavy atom. The Kier molecular flexibility index (Phi) is 1.68. The number of aryl methyl sites for hydroxylation is 1. The summed E-state index contributed by atoms with van der Waals surface area (Å²) in [5.41, 5.74) is 0. The summed E-state index contributed by atoms with van der Waals surface area (Å²) in [6.07, 6.45) is 0. The Labute approximate surface area is 55.0 Å². The standard InChI is InChI=1S/C5H6O3S/c1-4-2-3-5(8-4)9(6)7/h2-3H,1H3,(H,6,7). The largest absolute Gasteiger partial charge is 0.450 e. The van der Waals surface area contributed by atoms with Crippen molar-refractivity contribution in [1.82, 2.24) is 0 Å². The van der Waals surface area contributed by atoms with E-state index in [-0.39, 0.29) is 5.09 Å². The van der Waals surface area contributed by atoms with Crippen LogP contribution in [0.4, 0.5) is 0 Å². The summed E-state index contributed by atoms with van der Waals surface area (Å²) in [6, 6.07) is 3.12. The zero-order chi connectivity index (χ0) is 6.85. The predicted octanol–water partition coefficient (Wildman–Crippen LogP) is 1.17. The van der Waals surface area contributed by atoms with Gasteiger partial charge in [-0.25, -0.2) is 4.21 Å². The molecule has 1 aromatic rings. The van der Waals surface area contributed by atoms with E-state index in [2.05, 4.69) is 0 Å². The third-order valence-corrected chi connectivity index (χ3v) is 1.45. The number of rotatable bonds is 1. The quantitative estimate of drug-likeness (QED) is 0.605. The van der Waals surface area contributed by atoms with Gasteiger partial charge in [-0.3, -0.25) is 4.55 Å².